The third-order valence-electron chi connectivity index (χ3n) is 3.60. The van der Waals surface area contributed by atoms with Gasteiger partial charge in [0, 0.05) is 0 Å². The van der Waals surface area contributed by atoms with Crippen molar-refractivity contribution in [2.24, 2.45) is 5.92 Å². The van der Waals surface area contributed by atoms with Crippen LogP contribution in [0.3, 0.4) is 0 Å². The number of hydrogen-bond acceptors (Lipinski definition) is 3. The number of ketones is 1. The van der Waals surface area contributed by atoms with E-state index in [0.717, 1.165) is 23.6 Å². The second-order valence-corrected chi connectivity index (χ2v) is 5.09. The van der Waals surface area contributed by atoms with Crippen molar-refractivity contribution in [2.75, 3.05) is 20.2 Å². The molecule has 0 radical (unpaired) electrons. The number of carbonyl (C=O) groups is 1. The van der Waals surface area contributed by atoms with Crippen LogP contribution in [0.25, 0.3) is 0 Å². The fourth-order valence-corrected chi connectivity index (χ4v) is 2.08. The minimum atomic E-state index is 0.107. The molecule has 0 aliphatic heterocycles. The predicted octanol–water partition coefficient (Wildman–Crippen LogP) is 2.49. The molecule has 0 heterocycles. The van der Waals surface area contributed by atoms with Crippen molar-refractivity contribution in [1.29, 1.82) is 0 Å². The second kappa shape index (κ2) is 5.53. The third-order valence-corrected chi connectivity index (χ3v) is 3.60. The number of hydrogen-bond donors (Lipinski definition) is 1. The summed E-state index contributed by atoms with van der Waals surface area (Å²) in [5.74, 6) is 1.61. The van der Waals surface area contributed by atoms with E-state index in [-0.39, 0.29) is 5.78 Å². The Labute approximate surface area is 109 Å². The van der Waals surface area contributed by atoms with Crippen LogP contribution in [0.1, 0.15) is 34.3 Å². The van der Waals surface area contributed by atoms with Gasteiger partial charge in [0.2, 0.25) is 0 Å². The van der Waals surface area contributed by atoms with E-state index in [1.54, 1.807) is 7.11 Å². The highest BCUT2D eigenvalue weighted by Gasteiger charge is 2.21. The molecule has 1 saturated carbocycles. The molecular weight excluding hydrogens is 226 g/mol. The number of benzene rings is 1. The topological polar surface area (TPSA) is 38.3 Å². The summed E-state index contributed by atoms with van der Waals surface area (Å²) in [5.41, 5.74) is 2.88. The van der Waals surface area contributed by atoms with Gasteiger partial charge < -0.3 is 10.1 Å². The highest BCUT2D eigenvalue weighted by atomic mass is 16.5. The zero-order valence-corrected chi connectivity index (χ0v) is 11.4. The highest BCUT2D eigenvalue weighted by Crippen LogP contribution is 2.28. The summed E-state index contributed by atoms with van der Waals surface area (Å²) in [6.07, 6.45) is 2.60. The van der Waals surface area contributed by atoms with Crippen molar-refractivity contribution in [3.05, 3.63) is 28.8 Å². The quantitative estimate of drug-likeness (QED) is 0.785. The van der Waals surface area contributed by atoms with Gasteiger partial charge in [0.15, 0.2) is 5.78 Å². The lowest BCUT2D eigenvalue weighted by atomic mass is 10.0. The molecular formula is C15H21NO2. The van der Waals surface area contributed by atoms with Gasteiger partial charge in [0.05, 0.1) is 19.2 Å². The van der Waals surface area contributed by atoms with Crippen molar-refractivity contribution in [3.8, 4) is 5.75 Å². The molecule has 18 heavy (non-hydrogen) atoms. The van der Waals surface area contributed by atoms with Crippen LogP contribution in [0.15, 0.2) is 12.1 Å². The monoisotopic (exact) mass is 247 g/mol. The molecule has 3 heteroatoms. The van der Waals surface area contributed by atoms with Crippen molar-refractivity contribution < 1.29 is 9.53 Å². The molecule has 0 bridgehead atoms. The SMILES string of the molecule is COc1c(C(=O)CNCC2CC2)ccc(C)c1C. The zero-order chi connectivity index (χ0) is 13.1. The Morgan fingerprint density at radius 3 is 2.72 bits per heavy atom. The van der Waals surface area contributed by atoms with Gasteiger partial charge >= 0.3 is 0 Å². The number of Topliss-reactive ketones (excluding diaryl/α,β-unsaturated/α-hetero) is 1. The number of nitrogens with one attached hydrogen (secondary N) is 1. The Hall–Kier alpha value is -1.35. The Morgan fingerprint density at radius 2 is 2.11 bits per heavy atom. The van der Waals surface area contributed by atoms with Gasteiger partial charge in [-0.2, -0.15) is 0 Å². The van der Waals surface area contributed by atoms with Crippen LogP contribution < -0.4 is 10.1 Å². The first-order valence-corrected chi connectivity index (χ1v) is 6.51. The van der Waals surface area contributed by atoms with Crippen LogP contribution >= 0.6 is 0 Å². The second-order valence-electron chi connectivity index (χ2n) is 5.09. The van der Waals surface area contributed by atoms with Crippen molar-refractivity contribution in [1.82, 2.24) is 5.32 Å². The lowest BCUT2D eigenvalue weighted by molar-refractivity contribution is 0.0988. The lowest BCUT2D eigenvalue weighted by Gasteiger charge is -2.13. The van der Waals surface area contributed by atoms with E-state index in [2.05, 4.69) is 5.32 Å². The fourth-order valence-electron chi connectivity index (χ4n) is 2.08. The minimum Gasteiger partial charge on any atom is -0.496 e. The Bertz CT molecular complexity index is 450. The number of rotatable bonds is 6. The van der Waals surface area contributed by atoms with Crippen LogP contribution in [0.2, 0.25) is 0 Å². The lowest BCUT2D eigenvalue weighted by Crippen LogP contribution is -2.25. The molecule has 3 nitrogen and oxygen atoms in total. The molecule has 1 aromatic carbocycles. The first kappa shape index (κ1) is 13.1. The molecule has 0 atom stereocenters. The van der Waals surface area contributed by atoms with E-state index in [0.29, 0.717) is 17.9 Å². The van der Waals surface area contributed by atoms with Gasteiger partial charge in [-0.05, 0) is 56.3 Å². The van der Waals surface area contributed by atoms with Crippen molar-refractivity contribution in [2.45, 2.75) is 26.7 Å². The van der Waals surface area contributed by atoms with Crippen LogP contribution in [-0.2, 0) is 0 Å². The van der Waals surface area contributed by atoms with E-state index in [4.69, 9.17) is 4.74 Å². The molecule has 0 unspecified atom stereocenters. The summed E-state index contributed by atoms with van der Waals surface area (Å²) in [5, 5.41) is 3.23. The van der Waals surface area contributed by atoms with E-state index in [9.17, 15) is 4.79 Å². The average Bonchev–Trinajstić information content (AvgIpc) is 3.16. The summed E-state index contributed by atoms with van der Waals surface area (Å²) < 4.78 is 5.37. The molecule has 0 saturated heterocycles. The number of aryl methyl sites for hydroxylation is 1. The van der Waals surface area contributed by atoms with E-state index >= 15 is 0 Å². The fraction of sp³-hybridized carbons (Fsp3) is 0.533. The van der Waals surface area contributed by atoms with Gasteiger partial charge in [-0.3, -0.25) is 4.79 Å². The Kier molecular flexibility index (Phi) is 4.02. The van der Waals surface area contributed by atoms with Crippen molar-refractivity contribution >= 4 is 5.78 Å². The average molecular weight is 247 g/mol. The number of ether oxygens (including phenoxy) is 1. The van der Waals surface area contributed by atoms with Crippen LogP contribution in [-0.4, -0.2) is 26.0 Å². The molecule has 1 fully saturated rings. The largest absolute Gasteiger partial charge is 0.496 e. The van der Waals surface area contributed by atoms with Gasteiger partial charge in [-0.25, -0.2) is 0 Å². The normalized spacial score (nSPS) is 14.6. The molecule has 1 aliphatic rings. The van der Waals surface area contributed by atoms with Crippen LogP contribution in [0.4, 0.5) is 0 Å². The molecule has 0 amide bonds. The maximum absolute atomic E-state index is 12.1. The first-order valence-electron chi connectivity index (χ1n) is 6.51. The Morgan fingerprint density at radius 1 is 1.39 bits per heavy atom. The molecule has 2 rings (SSSR count). The highest BCUT2D eigenvalue weighted by molar-refractivity contribution is 6.00. The molecule has 1 N–H and O–H groups in total. The Balaban J connectivity index is 2.05. The summed E-state index contributed by atoms with van der Waals surface area (Å²) in [4.78, 5) is 12.1. The van der Waals surface area contributed by atoms with Gasteiger partial charge in [-0.15, -0.1) is 0 Å². The van der Waals surface area contributed by atoms with E-state index in [1.165, 1.54) is 12.8 Å². The van der Waals surface area contributed by atoms with Gasteiger partial charge in [-0.1, -0.05) is 6.07 Å². The maximum atomic E-state index is 12.1. The summed E-state index contributed by atoms with van der Waals surface area (Å²) in [6, 6.07) is 3.84. The van der Waals surface area contributed by atoms with Gasteiger partial charge in [0.1, 0.15) is 5.75 Å². The summed E-state index contributed by atoms with van der Waals surface area (Å²) in [6.45, 7) is 5.37. The number of methoxy groups -OCH3 is 1. The summed E-state index contributed by atoms with van der Waals surface area (Å²) >= 11 is 0. The van der Waals surface area contributed by atoms with Crippen LogP contribution in [0.5, 0.6) is 5.75 Å². The molecule has 1 aliphatic carbocycles. The molecule has 0 aromatic heterocycles. The van der Waals surface area contributed by atoms with E-state index < -0.39 is 0 Å². The summed E-state index contributed by atoms with van der Waals surface area (Å²) in [7, 11) is 1.62. The van der Waals surface area contributed by atoms with Gasteiger partial charge in [0.25, 0.3) is 0 Å². The predicted molar refractivity (Wildman–Crippen MR) is 72.4 cm³/mol. The maximum Gasteiger partial charge on any atom is 0.180 e. The third kappa shape index (κ3) is 2.91. The van der Waals surface area contributed by atoms with Crippen molar-refractivity contribution in [3.63, 3.8) is 0 Å². The molecule has 1 aromatic rings. The number of carbonyl (C=O) groups excluding carboxylic acids is 1. The first-order chi connectivity index (χ1) is 8.63. The van der Waals surface area contributed by atoms with E-state index in [1.807, 2.05) is 26.0 Å². The molecule has 0 spiro atoms. The molecule has 98 valence electrons. The smallest absolute Gasteiger partial charge is 0.180 e. The standard InChI is InChI=1S/C15H21NO2/c1-10-4-7-13(15(18-3)11(10)2)14(17)9-16-8-12-5-6-12/h4,7,12,16H,5-6,8-9H2,1-3H3. The minimum absolute atomic E-state index is 0.107. The van der Waals surface area contributed by atoms with Crippen LogP contribution in [0, 0.1) is 19.8 Å². The zero-order valence-electron chi connectivity index (χ0n) is 11.4.